The lowest BCUT2D eigenvalue weighted by molar-refractivity contribution is -0.141. The van der Waals surface area contributed by atoms with Crippen LogP contribution >= 0.6 is 11.8 Å². The molecule has 1 aromatic carbocycles. The first kappa shape index (κ1) is 21.5. The van der Waals surface area contributed by atoms with E-state index in [-0.39, 0.29) is 24.1 Å². The van der Waals surface area contributed by atoms with Crippen molar-refractivity contribution in [2.24, 2.45) is 0 Å². The van der Waals surface area contributed by atoms with Gasteiger partial charge in [-0.25, -0.2) is 0 Å². The van der Waals surface area contributed by atoms with Crippen molar-refractivity contribution in [3.05, 3.63) is 41.2 Å². The molecule has 150 valence electrons. The number of amides is 1. The fraction of sp³-hybridized carbons (Fsp3) is 0.368. The highest BCUT2D eigenvalue weighted by atomic mass is 32.2. The Kier molecular flexibility index (Phi) is 7.62. The van der Waals surface area contributed by atoms with Crippen LogP contribution in [0.25, 0.3) is 0 Å². The fourth-order valence-electron chi connectivity index (χ4n) is 2.23. The topological polar surface area (TPSA) is 108 Å². The monoisotopic (exact) mass is 406 g/mol. The second-order valence-electron chi connectivity index (χ2n) is 6.01. The first-order valence-electron chi connectivity index (χ1n) is 8.49. The molecule has 0 fully saturated rings. The lowest BCUT2D eigenvalue weighted by Crippen LogP contribution is -2.24. The summed E-state index contributed by atoms with van der Waals surface area (Å²) in [6.07, 6.45) is 0. The molecule has 8 nitrogen and oxygen atoms in total. The van der Waals surface area contributed by atoms with Gasteiger partial charge in [0.1, 0.15) is 18.1 Å². The van der Waals surface area contributed by atoms with Gasteiger partial charge in [0.15, 0.2) is 11.6 Å². The molecule has 1 aromatic heterocycles. The van der Waals surface area contributed by atoms with Crippen molar-refractivity contribution < 1.29 is 28.4 Å². The second kappa shape index (κ2) is 9.93. The van der Waals surface area contributed by atoms with Crippen LogP contribution in [0.3, 0.4) is 0 Å². The Bertz CT molecular complexity index is 864. The van der Waals surface area contributed by atoms with Crippen LogP contribution in [-0.2, 0) is 20.9 Å². The predicted octanol–water partition coefficient (Wildman–Crippen LogP) is 3.00. The highest BCUT2D eigenvalue weighted by Gasteiger charge is 2.18. The van der Waals surface area contributed by atoms with Gasteiger partial charge in [-0.05, 0) is 39.0 Å². The normalized spacial score (nSPS) is 11.6. The number of rotatable bonds is 9. The number of anilines is 1. The van der Waals surface area contributed by atoms with Crippen LogP contribution in [0, 0.1) is 6.92 Å². The molecule has 1 amide bonds. The Hall–Kier alpha value is -2.81. The summed E-state index contributed by atoms with van der Waals surface area (Å²) in [5.74, 6) is 0.591. The Labute approximate surface area is 166 Å². The van der Waals surface area contributed by atoms with Gasteiger partial charge < -0.3 is 19.3 Å². The first-order valence-corrected chi connectivity index (χ1v) is 9.54. The quantitative estimate of drug-likeness (QED) is 0.500. The van der Waals surface area contributed by atoms with Crippen molar-refractivity contribution in [2.75, 3.05) is 18.2 Å². The van der Waals surface area contributed by atoms with E-state index in [2.05, 4.69) is 10.5 Å². The minimum Gasteiger partial charge on any atom is -0.496 e. The molecule has 2 rings (SSSR count). The summed E-state index contributed by atoms with van der Waals surface area (Å²) in [6, 6.07) is 6.55. The number of hydrogen-bond acceptors (Lipinski definition) is 8. The van der Waals surface area contributed by atoms with Gasteiger partial charge in [-0.3, -0.25) is 14.4 Å². The maximum absolute atomic E-state index is 12.1. The molecule has 0 aliphatic rings. The third kappa shape index (κ3) is 6.12. The number of nitrogens with one attached hydrogen (secondary N) is 1. The van der Waals surface area contributed by atoms with Crippen LogP contribution < -0.4 is 10.1 Å². The van der Waals surface area contributed by atoms with E-state index >= 15 is 0 Å². The number of benzene rings is 1. The molecule has 0 radical (unpaired) electrons. The number of carbonyl (C=O) groups is 3. The van der Waals surface area contributed by atoms with Crippen LogP contribution in [0.1, 0.15) is 35.5 Å². The summed E-state index contributed by atoms with van der Waals surface area (Å²) in [5, 5.41) is 5.81. The summed E-state index contributed by atoms with van der Waals surface area (Å²) in [5.41, 5.74) is 1.11. The molecular weight excluding hydrogens is 384 g/mol. The first-order chi connectivity index (χ1) is 13.3. The van der Waals surface area contributed by atoms with Gasteiger partial charge in [0.05, 0.1) is 18.1 Å². The molecule has 1 N–H and O–H groups in total. The maximum atomic E-state index is 12.1. The van der Waals surface area contributed by atoms with Crippen LogP contribution in [0.4, 0.5) is 5.82 Å². The SMILES string of the molecule is COc1ccc(C(C)=O)cc1COC(=O)CS[C@@H](C)C(=O)Nc1cc(C)on1. The highest BCUT2D eigenvalue weighted by Crippen LogP contribution is 2.22. The average molecular weight is 406 g/mol. The minimum atomic E-state index is -0.486. The zero-order chi connectivity index (χ0) is 20.7. The van der Waals surface area contributed by atoms with Gasteiger partial charge in [0.25, 0.3) is 0 Å². The highest BCUT2D eigenvalue weighted by molar-refractivity contribution is 8.01. The Morgan fingerprint density at radius 2 is 2.04 bits per heavy atom. The zero-order valence-corrected chi connectivity index (χ0v) is 16.9. The van der Waals surface area contributed by atoms with Gasteiger partial charge in [0, 0.05) is 17.2 Å². The number of ether oxygens (including phenoxy) is 2. The average Bonchev–Trinajstić information content (AvgIpc) is 3.08. The Morgan fingerprint density at radius 1 is 1.29 bits per heavy atom. The number of hydrogen-bond donors (Lipinski definition) is 1. The molecule has 1 heterocycles. The van der Waals surface area contributed by atoms with E-state index in [1.165, 1.54) is 14.0 Å². The molecule has 0 spiro atoms. The lowest BCUT2D eigenvalue weighted by atomic mass is 10.1. The van der Waals surface area contributed by atoms with Gasteiger partial charge in [-0.2, -0.15) is 0 Å². The van der Waals surface area contributed by atoms with Gasteiger partial charge >= 0.3 is 5.97 Å². The number of Topliss-reactive ketones (excluding diaryl/α,β-unsaturated/α-hetero) is 1. The lowest BCUT2D eigenvalue weighted by Gasteiger charge is -2.12. The van der Waals surface area contributed by atoms with E-state index in [0.29, 0.717) is 28.5 Å². The van der Waals surface area contributed by atoms with E-state index in [1.54, 1.807) is 38.1 Å². The van der Waals surface area contributed by atoms with Crippen molar-refractivity contribution in [2.45, 2.75) is 32.6 Å². The maximum Gasteiger partial charge on any atom is 0.316 e. The van der Waals surface area contributed by atoms with Gasteiger partial charge in [0.2, 0.25) is 5.91 Å². The number of nitrogens with zero attached hydrogens (tertiary/aromatic N) is 1. The number of thioether (sulfide) groups is 1. The molecular formula is C19H22N2O6S. The van der Waals surface area contributed by atoms with Crippen molar-refractivity contribution in [1.82, 2.24) is 5.16 Å². The molecule has 2 aromatic rings. The molecule has 0 bridgehead atoms. The third-order valence-electron chi connectivity index (χ3n) is 3.78. The van der Waals surface area contributed by atoms with E-state index < -0.39 is 11.2 Å². The molecule has 0 aliphatic heterocycles. The van der Waals surface area contributed by atoms with Crippen molar-refractivity contribution in [3.8, 4) is 5.75 Å². The van der Waals surface area contributed by atoms with Gasteiger partial charge in [-0.15, -0.1) is 11.8 Å². The van der Waals surface area contributed by atoms with Crippen molar-refractivity contribution in [1.29, 1.82) is 0 Å². The standard InChI is InChI=1S/C19H22N2O6S/c1-11-7-17(21-27-11)20-19(24)13(3)28-10-18(23)26-9-15-8-14(12(2)22)5-6-16(15)25-4/h5-8,13H,9-10H2,1-4H3,(H,20,21,24)/t13-/m0/s1. The number of esters is 1. The summed E-state index contributed by atoms with van der Waals surface area (Å²) in [6.45, 7) is 4.83. The second-order valence-corrected chi connectivity index (χ2v) is 7.34. The Morgan fingerprint density at radius 3 is 2.64 bits per heavy atom. The van der Waals surface area contributed by atoms with E-state index in [9.17, 15) is 14.4 Å². The van der Waals surface area contributed by atoms with E-state index in [0.717, 1.165) is 11.8 Å². The summed E-state index contributed by atoms with van der Waals surface area (Å²) in [4.78, 5) is 35.6. The summed E-state index contributed by atoms with van der Waals surface area (Å²) >= 11 is 1.14. The largest absolute Gasteiger partial charge is 0.496 e. The molecule has 1 atom stereocenters. The molecule has 0 saturated carbocycles. The molecule has 28 heavy (non-hydrogen) atoms. The van der Waals surface area contributed by atoms with Gasteiger partial charge in [-0.1, -0.05) is 5.16 Å². The van der Waals surface area contributed by atoms with Crippen molar-refractivity contribution in [3.63, 3.8) is 0 Å². The van der Waals surface area contributed by atoms with E-state index in [1.807, 2.05) is 0 Å². The predicted molar refractivity (Wildman–Crippen MR) is 105 cm³/mol. The molecule has 0 aliphatic carbocycles. The van der Waals surface area contributed by atoms with E-state index in [4.69, 9.17) is 14.0 Å². The number of methoxy groups -OCH3 is 1. The Balaban J connectivity index is 1.83. The number of aryl methyl sites for hydroxylation is 1. The molecule has 0 unspecified atom stereocenters. The van der Waals surface area contributed by atoms with Crippen LogP contribution in [0.5, 0.6) is 5.75 Å². The fourth-order valence-corrected chi connectivity index (χ4v) is 2.91. The molecule has 9 heteroatoms. The summed E-state index contributed by atoms with van der Waals surface area (Å²) < 4.78 is 15.4. The van der Waals surface area contributed by atoms with Crippen LogP contribution in [-0.4, -0.2) is 40.9 Å². The minimum absolute atomic E-state index is 0.00114. The summed E-state index contributed by atoms with van der Waals surface area (Å²) in [7, 11) is 1.50. The number of ketones is 1. The zero-order valence-electron chi connectivity index (χ0n) is 16.1. The smallest absolute Gasteiger partial charge is 0.316 e. The third-order valence-corrected chi connectivity index (χ3v) is 4.89. The molecule has 0 saturated heterocycles. The number of carbonyl (C=O) groups excluding carboxylic acids is 3. The van der Waals surface area contributed by atoms with Crippen LogP contribution in [0.15, 0.2) is 28.8 Å². The van der Waals surface area contributed by atoms with Crippen LogP contribution in [0.2, 0.25) is 0 Å². The van der Waals surface area contributed by atoms with Crippen molar-refractivity contribution >= 4 is 35.2 Å². The number of aromatic nitrogens is 1.